The molecule has 10 nitrogen and oxygen atoms in total. The van der Waals surface area contributed by atoms with Crippen LogP contribution in [0.3, 0.4) is 0 Å². The number of aromatic nitrogens is 2. The van der Waals surface area contributed by atoms with Gasteiger partial charge in [0.05, 0.1) is 36.6 Å². The van der Waals surface area contributed by atoms with Crippen LogP contribution in [0.1, 0.15) is 64.2 Å². The maximum Gasteiger partial charge on any atom is 0.279 e. The Hall–Kier alpha value is -4.79. The van der Waals surface area contributed by atoms with Gasteiger partial charge in [-0.05, 0) is 43.2 Å². The van der Waals surface area contributed by atoms with E-state index in [2.05, 4.69) is 10.4 Å². The molecule has 2 aromatic carbocycles. The van der Waals surface area contributed by atoms with Crippen LogP contribution in [0.4, 0.5) is 20.2 Å². The number of benzene rings is 2. The van der Waals surface area contributed by atoms with Gasteiger partial charge in [-0.25, -0.2) is 8.78 Å². The molecule has 42 heavy (non-hydrogen) atoms. The van der Waals surface area contributed by atoms with Crippen LogP contribution in [0.5, 0.6) is 5.75 Å². The van der Waals surface area contributed by atoms with Crippen LogP contribution in [0.2, 0.25) is 0 Å². The number of fused-ring (bicyclic) bond motifs is 3. The Labute approximate surface area is 240 Å². The second kappa shape index (κ2) is 10.2. The monoisotopic (exact) mass is 574 g/mol. The number of hydrogen-bond donors (Lipinski definition) is 1. The van der Waals surface area contributed by atoms with Gasteiger partial charge in [-0.3, -0.25) is 24.0 Å². The van der Waals surface area contributed by atoms with Gasteiger partial charge in [0.25, 0.3) is 17.7 Å². The molecular formula is C30H28F2N6O4. The molecule has 2 atom stereocenters. The standard InChI is InChI=1S/C30H28F2N6O4/c1-17(39)36-15-24-25(16-36)38-27(23(14-34-38)35-28(40)18-6-11-26(42-2)19(12-18)13-33)29(41)37(24)22-9-7-21(8-10-22)30(31,32)20-4-3-5-20/h6-12,14,20,24-25H,3-5,15-16H2,1-2H3,(H,35,40)/t24-,25+/m0/s1. The zero-order chi connectivity index (χ0) is 29.8. The number of nitrogens with zero attached hydrogens (tertiary/aromatic N) is 5. The van der Waals surface area contributed by atoms with E-state index in [0.29, 0.717) is 24.3 Å². The summed E-state index contributed by atoms with van der Waals surface area (Å²) in [4.78, 5) is 42.7. The number of nitriles is 1. The number of hydrogen-bond acceptors (Lipinski definition) is 6. The summed E-state index contributed by atoms with van der Waals surface area (Å²) in [5, 5.41) is 16.5. The molecule has 1 aliphatic carbocycles. The van der Waals surface area contributed by atoms with Gasteiger partial charge < -0.3 is 15.0 Å². The van der Waals surface area contributed by atoms with Crippen molar-refractivity contribution in [2.24, 2.45) is 5.92 Å². The number of alkyl halides is 2. The third-order valence-corrected chi connectivity index (χ3v) is 8.55. The first kappa shape index (κ1) is 27.4. The number of methoxy groups -OCH3 is 1. The highest BCUT2D eigenvalue weighted by Crippen LogP contribution is 2.47. The molecule has 1 aromatic heterocycles. The van der Waals surface area contributed by atoms with Crippen molar-refractivity contribution in [3.05, 3.63) is 71.0 Å². The Morgan fingerprint density at radius 2 is 1.83 bits per heavy atom. The molecule has 3 aromatic rings. The number of amides is 3. The first-order valence-electron chi connectivity index (χ1n) is 13.7. The fraction of sp³-hybridized carbons (Fsp3) is 0.367. The lowest BCUT2D eigenvalue weighted by atomic mass is 9.78. The molecule has 6 rings (SSSR count). The Morgan fingerprint density at radius 3 is 2.45 bits per heavy atom. The number of nitrogens with one attached hydrogen (secondary N) is 1. The highest BCUT2D eigenvalue weighted by atomic mass is 19.3. The molecule has 1 N–H and O–H groups in total. The highest BCUT2D eigenvalue weighted by molar-refractivity contribution is 6.13. The van der Waals surface area contributed by atoms with E-state index in [0.717, 1.165) is 6.42 Å². The predicted molar refractivity (Wildman–Crippen MR) is 147 cm³/mol. The fourth-order valence-corrected chi connectivity index (χ4v) is 5.99. The zero-order valence-electron chi connectivity index (χ0n) is 23.0. The summed E-state index contributed by atoms with van der Waals surface area (Å²) in [7, 11) is 1.42. The quantitative estimate of drug-likeness (QED) is 0.468. The van der Waals surface area contributed by atoms with E-state index in [-0.39, 0.29) is 47.1 Å². The Bertz CT molecular complexity index is 1630. The minimum absolute atomic E-state index is 0.0945. The molecule has 1 saturated heterocycles. The molecule has 0 radical (unpaired) electrons. The maximum atomic E-state index is 15.0. The average Bonchev–Trinajstić information content (AvgIpc) is 3.57. The second-order valence-corrected chi connectivity index (χ2v) is 10.9. The summed E-state index contributed by atoms with van der Waals surface area (Å²) in [5.74, 6) is -4.53. The first-order valence-corrected chi connectivity index (χ1v) is 13.7. The third kappa shape index (κ3) is 4.36. The second-order valence-electron chi connectivity index (χ2n) is 10.9. The van der Waals surface area contributed by atoms with Crippen LogP contribution >= 0.6 is 0 Å². The largest absolute Gasteiger partial charge is 0.495 e. The van der Waals surface area contributed by atoms with Crippen LogP contribution < -0.4 is 15.0 Å². The van der Waals surface area contributed by atoms with Gasteiger partial charge in [0.1, 0.15) is 11.8 Å². The topological polar surface area (TPSA) is 121 Å². The number of carbonyl (C=O) groups is 3. The maximum absolute atomic E-state index is 15.0. The van der Waals surface area contributed by atoms with Gasteiger partial charge in [-0.15, -0.1) is 0 Å². The minimum atomic E-state index is -2.95. The lowest BCUT2D eigenvalue weighted by Crippen LogP contribution is -2.51. The minimum Gasteiger partial charge on any atom is -0.495 e. The van der Waals surface area contributed by atoms with Crippen molar-refractivity contribution in [2.75, 3.05) is 30.4 Å². The van der Waals surface area contributed by atoms with E-state index in [9.17, 15) is 28.4 Å². The van der Waals surface area contributed by atoms with Crippen molar-refractivity contribution in [1.29, 1.82) is 5.26 Å². The molecule has 1 saturated carbocycles. The van der Waals surface area contributed by atoms with Crippen LogP contribution in [0.25, 0.3) is 0 Å². The van der Waals surface area contributed by atoms with Crippen molar-refractivity contribution >= 4 is 29.1 Å². The van der Waals surface area contributed by atoms with E-state index in [1.165, 1.54) is 72.3 Å². The van der Waals surface area contributed by atoms with Crippen LogP contribution in [0.15, 0.2) is 48.7 Å². The summed E-state index contributed by atoms with van der Waals surface area (Å²) >= 11 is 0. The Balaban J connectivity index is 1.34. The van der Waals surface area contributed by atoms with Gasteiger partial charge in [0.15, 0.2) is 5.69 Å². The van der Waals surface area contributed by atoms with Gasteiger partial charge in [-0.2, -0.15) is 10.4 Å². The predicted octanol–water partition coefficient (Wildman–Crippen LogP) is 4.34. The summed E-state index contributed by atoms with van der Waals surface area (Å²) in [6, 6.07) is 11.2. The summed E-state index contributed by atoms with van der Waals surface area (Å²) in [6.45, 7) is 1.98. The van der Waals surface area contributed by atoms with E-state index in [1.807, 2.05) is 6.07 Å². The molecule has 3 amide bonds. The molecule has 3 aliphatic rings. The molecule has 2 aliphatic heterocycles. The summed E-state index contributed by atoms with van der Waals surface area (Å²) in [5.41, 5.74) is 0.922. The smallest absolute Gasteiger partial charge is 0.279 e. The lowest BCUT2D eigenvalue weighted by molar-refractivity contribution is -0.127. The molecule has 0 bridgehead atoms. The first-order chi connectivity index (χ1) is 20.1. The number of anilines is 2. The molecule has 3 heterocycles. The Kier molecular flexibility index (Phi) is 6.68. The van der Waals surface area contributed by atoms with E-state index < -0.39 is 35.7 Å². The van der Waals surface area contributed by atoms with Gasteiger partial charge in [-0.1, -0.05) is 18.6 Å². The van der Waals surface area contributed by atoms with E-state index >= 15 is 0 Å². The SMILES string of the molecule is COc1ccc(C(=O)Nc2cnn3c2C(=O)N(c2ccc(C(F)(F)C4CCC4)cc2)[C@H]2CN(C(C)=O)C[C@H]23)cc1C#N. The van der Waals surface area contributed by atoms with Crippen LogP contribution in [-0.4, -0.2) is 58.6 Å². The summed E-state index contributed by atoms with van der Waals surface area (Å²) < 4.78 is 36.6. The molecule has 2 fully saturated rings. The molecular weight excluding hydrogens is 546 g/mol. The third-order valence-electron chi connectivity index (χ3n) is 8.55. The van der Waals surface area contributed by atoms with Crippen LogP contribution in [0, 0.1) is 17.2 Å². The van der Waals surface area contributed by atoms with Gasteiger partial charge in [0.2, 0.25) is 5.91 Å². The normalized spacial score (nSPS) is 19.9. The van der Waals surface area contributed by atoms with E-state index in [1.54, 1.807) is 4.90 Å². The fourth-order valence-electron chi connectivity index (χ4n) is 5.99. The van der Waals surface area contributed by atoms with Crippen molar-refractivity contribution in [2.45, 2.75) is 44.2 Å². The molecule has 0 unspecified atom stereocenters. The van der Waals surface area contributed by atoms with Gasteiger partial charge in [0, 0.05) is 42.7 Å². The Morgan fingerprint density at radius 1 is 1.12 bits per heavy atom. The summed E-state index contributed by atoms with van der Waals surface area (Å²) in [6.07, 6.45) is 3.13. The van der Waals surface area contributed by atoms with E-state index in [4.69, 9.17) is 4.74 Å². The number of rotatable bonds is 6. The van der Waals surface area contributed by atoms with Crippen molar-refractivity contribution in [1.82, 2.24) is 14.7 Å². The molecule has 216 valence electrons. The highest BCUT2D eigenvalue weighted by Gasteiger charge is 2.49. The molecule has 12 heteroatoms. The van der Waals surface area contributed by atoms with Crippen molar-refractivity contribution < 1.29 is 27.9 Å². The molecule has 0 spiro atoms. The number of halogens is 2. The number of likely N-dealkylation sites (tertiary alicyclic amines) is 1. The number of ether oxygens (including phenoxy) is 1. The van der Waals surface area contributed by atoms with Crippen molar-refractivity contribution in [3.8, 4) is 11.8 Å². The number of carbonyl (C=O) groups excluding carboxylic acids is 3. The van der Waals surface area contributed by atoms with Gasteiger partial charge >= 0.3 is 0 Å². The average molecular weight is 575 g/mol. The lowest BCUT2D eigenvalue weighted by Gasteiger charge is -2.38. The zero-order valence-corrected chi connectivity index (χ0v) is 23.0. The van der Waals surface area contributed by atoms with Crippen LogP contribution in [-0.2, 0) is 10.7 Å². The van der Waals surface area contributed by atoms with Crippen molar-refractivity contribution in [3.63, 3.8) is 0 Å².